The molecular weight excluding hydrogens is 400 g/mol. The summed E-state index contributed by atoms with van der Waals surface area (Å²) in [5.41, 5.74) is 2.68. The van der Waals surface area contributed by atoms with Crippen molar-refractivity contribution in [2.24, 2.45) is 7.05 Å². The van der Waals surface area contributed by atoms with E-state index in [1.54, 1.807) is 18.3 Å². The Balaban J connectivity index is 1.58. The predicted octanol–water partition coefficient (Wildman–Crippen LogP) is 4.23. The zero-order chi connectivity index (χ0) is 21.1. The van der Waals surface area contributed by atoms with Crippen molar-refractivity contribution in [3.05, 3.63) is 80.6 Å². The first-order valence-corrected chi connectivity index (χ1v) is 10.7. The fourth-order valence-electron chi connectivity index (χ4n) is 3.94. The van der Waals surface area contributed by atoms with Crippen LogP contribution in [0.3, 0.4) is 0 Å². The summed E-state index contributed by atoms with van der Waals surface area (Å²) >= 11 is 5.90. The van der Waals surface area contributed by atoms with E-state index in [9.17, 15) is 9.59 Å². The minimum atomic E-state index is -0.381. The highest BCUT2D eigenvalue weighted by molar-refractivity contribution is 6.30. The Kier molecular flexibility index (Phi) is 6.21. The molecule has 6 heteroatoms. The number of carbonyl (C=O) groups excluding carboxylic acids is 1. The highest BCUT2D eigenvalue weighted by Gasteiger charge is 2.17. The molecule has 2 aromatic carbocycles. The lowest BCUT2D eigenvalue weighted by Crippen LogP contribution is -2.29. The van der Waals surface area contributed by atoms with Crippen molar-refractivity contribution < 1.29 is 9.53 Å². The van der Waals surface area contributed by atoms with Gasteiger partial charge in [-0.05, 0) is 61.1 Å². The highest BCUT2D eigenvalue weighted by Crippen LogP contribution is 2.20. The smallest absolute Gasteiger partial charge is 0.257 e. The van der Waals surface area contributed by atoms with Gasteiger partial charge >= 0.3 is 0 Å². The quantitative estimate of drug-likeness (QED) is 0.666. The number of aryl methyl sites for hydroxylation is 1. The van der Waals surface area contributed by atoms with Gasteiger partial charge in [-0.3, -0.25) is 9.59 Å². The number of hydrogen-bond donors (Lipinski definition) is 1. The average Bonchev–Trinajstić information content (AvgIpc) is 2.76. The standard InChI is InChI=1S/C24H25ClN2O3/c1-27-15-21(24(29)26-14-16-5-8-18(25)9-6-16)23(28)20-13-17(7-10-22(20)27)12-19-4-2-3-11-30-19/h5-10,13,15,19H,2-4,11-12,14H2,1H3,(H,26,29). The maximum atomic E-state index is 13.1. The minimum absolute atomic E-state index is 0.144. The topological polar surface area (TPSA) is 60.3 Å². The largest absolute Gasteiger partial charge is 0.378 e. The van der Waals surface area contributed by atoms with Gasteiger partial charge < -0.3 is 14.6 Å². The van der Waals surface area contributed by atoms with Crippen LogP contribution in [0.4, 0.5) is 0 Å². The third-order valence-corrected chi connectivity index (χ3v) is 5.85. The van der Waals surface area contributed by atoms with E-state index in [2.05, 4.69) is 5.32 Å². The first kappa shape index (κ1) is 20.6. The molecule has 0 spiro atoms. The number of ether oxygens (including phenoxy) is 1. The summed E-state index contributed by atoms with van der Waals surface area (Å²) < 4.78 is 7.66. The molecule has 4 rings (SSSR count). The van der Waals surface area contributed by atoms with E-state index in [1.165, 1.54) is 6.42 Å². The SMILES string of the molecule is Cn1cc(C(=O)NCc2ccc(Cl)cc2)c(=O)c2cc(CC3CCCCO3)ccc21. The zero-order valence-electron chi connectivity index (χ0n) is 17.0. The molecule has 2 heterocycles. The van der Waals surface area contributed by atoms with Crippen molar-refractivity contribution in [3.63, 3.8) is 0 Å². The number of benzene rings is 2. The first-order chi connectivity index (χ1) is 14.5. The van der Waals surface area contributed by atoms with Crippen LogP contribution in [0, 0.1) is 0 Å². The van der Waals surface area contributed by atoms with Gasteiger partial charge in [0.1, 0.15) is 5.56 Å². The van der Waals surface area contributed by atoms with Gasteiger partial charge in [-0.25, -0.2) is 0 Å². The molecule has 3 aromatic rings. The lowest BCUT2D eigenvalue weighted by Gasteiger charge is -2.22. The minimum Gasteiger partial charge on any atom is -0.378 e. The van der Waals surface area contributed by atoms with E-state index in [4.69, 9.17) is 16.3 Å². The number of nitrogens with one attached hydrogen (secondary N) is 1. The summed E-state index contributed by atoms with van der Waals surface area (Å²) in [6, 6.07) is 13.1. The maximum Gasteiger partial charge on any atom is 0.257 e. The second-order valence-corrected chi connectivity index (χ2v) is 8.27. The Hall–Kier alpha value is -2.63. The summed E-state index contributed by atoms with van der Waals surface area (Å²) in [4.78, 5) is 25.8. The Morgan fingerprint density at radius 3 is 2.67 bits per heavy atom. The van der Waals surface area contributed by atoms with Crippen molar-refractivity contribution in [2.75, 3.05) is 6.61 Å². The van der Waals surface area contributed by atoms with Crippen LogP contribution >= 0.6 is 11.6 Å². The number of nitrogens with zero attached hydrogens (tertiary/aromatic N) is 1. The van der Waals surface area contributed by atoms with Crippen molar-refractivity contribution in [1.82, 2.24) is 9.88 Å². The monoisotopic (exact) mass is 424 g/mol. The molecule has 1 saturated heterocycles. The summed E-state index contributed by atoms with van der Waals surface area (Å²) in [5, 5.41) is 4.03. The molecule has 30 heavy (non-hydrogen) atoms. The van der Waals surface area contributed by atoms with Crippen LogP contribution in [0.5, 0.6) is 0 Å². The maximum absolute atomic E-state index is 13.1. The fourth-order valence-corrected chi connectivity index (χ4v) is 4.07. The number of fused-ring (bicyclic) bond motifs is 1. The lowest BCUT2D eigenvalue weighted by atomic mass is 9.99. The fraction of sp³-hybridized carbons (Fsp3) is 0.333. The molecule has 0 radical (unpaired) electrons. The average molecular weight is 425 g/mol. The molecule has 0 aliphatic carbocycles. The van der Waals surface area contributed by atoms with Crippen LogP contribution in [0.1, 0.15) is 40.7 Å². The molecule has 5 nitrogen and oxygen atoms in total. The van der Waals surface area contributed by atoms with Gasteiger partial charge in [0.25, 0.3) is 5.91 Å². The third-order valence-electron chi connectivity index (χ3n) is 5.60. The predicted molar refractivity (Wildman–Crippen MR) is 119 cm³/mol. The van der Waals surface area contributed by atoms with Gasteiger partial charge in [0, 0.05) is 36.8 Å². The number of hydrogen-bond acceptors (Lipinski definition) is 3. The van der Waals surface area contributed by atoms with Crippen LogP contribution < -0.4 is 10.7 Å². The number of rotatable bonds is 5. The molecule has 1 amide bonds. The summed E-state index contributed by atoms with van der Waals surface area (Å²) in [7, 11) is 1.85. The molecule has 1 atom stereocenters. The van der Waals surface area contributed by atoms with Crippen LogP contribution in [0.2, 0.25) is 5.02 Å². The molecule has 1 aromatic heterocycles. The van der Waals surface area contributed by atoms with E-state index in [0.29, 0.717) is 17.0 Å². The number of halogens is 1. The summed E-state index contributed by atoms with van der Waals surface area (Å²) in [6.07, 6.45) is 5.92. The zero-order valence-corrected chi connectivity index (χ0v) is 17.7. The molecular formula is C24H25ClN2O3. The van der Waals surface area contributed by atoms with Crippen LogP contribution in [0.25, 0.3) is 10.9 Å². The first-order valence-electron chi connectivity index (χ1n) is 10.3. The van der Waals surface area contributed by atoms with E-state index in [-0.39, 0.29) is 23.0 Å². The van der Waals surface area contributed by atoms with E-state index in [1.807, 2.05) is 41.9 Å². The molecule has 1 aliphatic heterocycles. The third kappa shape index (κ3) is 4.58. The Morgan fingerprint density at radius 1 is 1.17 bits per heavy atom. The normalized spacial score (nSPS) is 16.5. The molecule has 1 aliphatic rings. The van der Waals surface area contributed by atoms with Gasteiger partial charge in [0.2, 0.25) is 5.43 Å². The van der Waals surface area contributed by atoms with E-state index >= 15 is 0 Å². The Morgan fingerprint density at radius 2 is 1.93 bits per heavy atom. The molecule has 1 unspecified atom stereocenters. The van der Waals surface area contributed by atoms with Crippen LogP contribution in [0.15, 0.2) is 53.5 Å². The van der Waals surface area contributed by atoms with Gasteiger partial charge in [-0.1, -0.05) is 29.8 Å². The van der Waals surface area contributed by atoms with Crippen LogP contribution in [-0.2, 0) is 24.8 Å². The van der Waals surface area contributed by atoms with Crippen molar-refractivity contribution in [2.45, 2.75) is 38.3 Å². The van der Waals surface area contributed by atoms with Crippen molar-refractivity contribution in [3.8, 4) is 0 Å². The van der Waals surface area contributed by atoms with Gasteiger partial charge in [-0.2, -0.15) is 0 Å². The van der Waals surface area contributed by atoms with E-state index < -0.39 is 0 Å². The molecule has 0 bridgehead atoms. The molecule has 1 N–H and O–H groups in total. The number of amides is 1. The number of aromatic nitrogens is 1. The molecule has 1 fully saturated rings. The lowest BCUT2D eigenvalue weighted by molar-refractivity contribution is 0.0168. The Labute approximate surface area is 180 Å². The number of pyridine rings is 1. The summed E-state index contributed by atoms with van der Waals surface area (Å²) in [5.74, 6) is -0.381. The van der Waals surface area contributed by atoms with Gasteiger partial charge in [0.05, 0.1) is 11.6 Å². The van der Waals surface area contributed by atoms with E-state index in [0.717, 1.165) is 42.5 Å². The second-order valence-electron chi connectivity index (χ2n) is 7.84. The van der Waals surface area contributed by atoms with Crippen molar-refractivity contribution in [1.29, 1.82) is 0 Å². The molecule has 156 valence electrons. The summed E-state index contributed by atoms with van der Waals surface area (Å²) in [6.45, 7) is 1.13. The van der Waals surface area contributed by atoms with Crippen LogP contribution in [-0.4, -0.2) is 23.2 Å². The molecule has 0 saturated carbocycles. The van der Waals surface area contributed by atoms with Gasteiger partial charge in [0.15, 0.2) is 0 Å². The highest BCUT2D eigenvalue weighted by atomic mass is 35.5. The van der Waals surface area contributed by atoms with Crippen molar-refractivity contribution >= 4 is 28.4 Å². The second kappa shape index (κ2) is 9.02. The number of carbonyl (C=O) groups is 1. The Bertz CT molecular complexity index is 1120. The van der Waals surface area contributed by atoms with Gasteiger partial charge in [-0.15, -0.1) is 0 Å².